The molecule has 0 saturated heterocycles. The second-order valence-corrected chi connectivity index (χ2v) is 4.54. The predicted octanol–water partition coefficient (Wildman–Crippen LogP) is 3.74. The second-order valence-electron chi connectivity index (χ2n) is 4.54. The Balaban J connectivity index is 2.41. The molecule has 0 unspecified atom stereocenters. The number of hydrogen-bond donors (Lipinski definition) is 1. The molecule has 0 aromatic heterocycles. The lowest BCUT2D eigenvalue weighted by Crippen LogP contribution is -2.16. The van der Waals surface area contributed by atoms with Crippen LogP contribution in [0.2, 0.25) is 0 Å². The Morgan fingerprint density at radius 3 is 2.32 bits per heavy atom. The molecule has 0 saturated carbocycles. The minimum absolute atomic E-state index is 0.708. The highest BCUT2D eigenvalue weighted by molar-refractivity contribution is 5.68. The summed E-state index contributed by atoms with van der Waals surface area (Å²) in [6, 6.07) is 14.3. The fourth-order valence-electron chi connectivity index (χ4n) is 2.12. The fourth-order valence-corrected chi connectivity index (χ4v) is 2.12. The molecule has 0 radical (unpaired) electrons. The van der Waals surface area contributed by atoms with Gasteiger partial charge in [-0.15, -0.1) is 0 Å². The lowest BCUT2D eigenvalue weighted by Gasteiger charge is -2.24. The highest BCUT2D eigenvalue weighted by Gasteiger charge is 2.09. The summed E-state index contributed by atoms with van der Waals surface area (Å²) >= 11 is 0. The van der Waals surface area contributed by atoms with Gasteiger partial charge in [0.2, 0.25) is 0 Å². The van der Waals surface area contributed by atoms with E-state index >= 15 is 0 Å². The number of hydrogen-bond acceptors (Lipinski definition) is 3. The summed E-state index contributed by atoms with van der Waals surface area (Å²) in [6.07, 6.45) is 0. The summed E-state index contributed by atoms with van der Waals surface area (Å²) < 4.78 is 5.28. The monoisotopic (exact) mass is 256 g/mol. The Morgan fingerprint density at radius 1 is 1.05 bits per heavy atom. The third-order valence-electron chi connectivity index (χ3n) is 3.12. The Labute approximate surface area is 114 Å². The Kier molecular flexibility index (Phi) is 3.95. The van der Waals surface area contributed by atoms with E-state index < -0.39 is 0 Å². The molecule has 2 aromatic rings. The second kappa shape index (κ2) is 5.65. The summed E-state index contributed by atoms with van der Waals surface area (Å²) in [7, 11) is 1.65. The molecule has 2 rings (SSSR count). The van der Waals surface area contributed by atoms with Gasteiger partial charge in [0.05, 0.1) is 7.11 Å². The van der Waals surface area contributed by atoms with Gasteiger partial charge in [-0.05, 0) is 32.0 Å². The standard InChI is InChI=1S/C16H20N2O/c1-4-18(14-7-5-12(2)6-8-14)15-9-13(17)10-16(11-15)19-3/h5-11H,4,17H2,1-3H3. The zero-order valence-corrected chi connectivity index (χ0v) is 11.7. The van der Waals surface area contributed by atoms with Crippen molar-refractivity contribution in [2.45, 2.75) is 13.8 Å². The van der Waals surface area contributed by atoms with Crippen LogP contribution in [0.15, 0.2) is 42.5 Å². The highest BCUT2D eigenvalue weighted by atomic mass is 16.5. The molecule has 0 amide bonds. The van der Waals surface area contributed by atoms with Crippen molar-refractivity contribution in [1.29, 1.82) is 0 Å². The zero-order chi connectivity index (χ0) is 13.8. The third-order valence-corrected chi connectivity index (χ3v) is 3.12. The van der Waals surface area contributed by atoms with Gasteiger partial charge in [-0.2, -0.15) is 0 Å². The molecule has 0 aliphatic carbocycles. The van der Waals surface area contributed by atoms with Crippen molar-refractivity contribution in [2.75, 3.05) is 24.3 Å². The average molecular weight is 256 g/mol. The minimum atomic E-state index is 0.708. The Bertz CT molecular complexity index is 549. The summed E-state index contributed by atoms with van der Waals surface area (Å²) in [5.74, 6) is 0.778. The number of nitrogens with two attached hydrogens (primary N) is 1. The van der Waals surface area contributed by atoms with E-state index in [1.165, 1.54) is 5.56 Å². The van der Waals surface area contributed by atoms with Gasteiger partial charge in [0.15, 0.2) is 0 Å². The minimum Gasteiger partial charge on any atom is -0.497 e. The van der Waals surface area contributed by atoms with Crippen LogP contribution in [0.3, 0.4) is 0 Å². The van der Waals surface area contributed by atoms with E-state index in [4.69, 9.17) is 10.5 Å². The smallest absolute Gasteiger partial charge is 0.122 e. The van der Waals surface area contributed by atoms with Crippen LogP contribution >= 0.6 is 0 Å². The summed E-state index contributed by atoms with van der Waals surface area (Å²) in [4.78, 5) is 2.21. The molecule has 0 aliphatic heterocycles. The van der Waals surface area contributed by atoms with Crippen molar-refractivity contribution >= 4 is 17.1 Å². The molecule has 0 spiro atoms. The van der Waals surface area contributed by atoms with E-state index in [0.717, 1.165) is 23.7 Å². The van der Waals surface area contributed by atoms with E-state index in [2.05, 4.69) is 43.0 Å². The van der Waals surface area contributed by atoms with Crippen molar-refractivity contribution < 1.29 is 4.74 Å². The van der Waals surface area contributed by atoms with Crippen LogP contribution in [0, 0.1) is 6.92 Å². The molecule has 3 nitrogen and oxygen atoms in total. The molecule has 0 bridgehead atoms. The first-order valence-electron chi connectivity index (χ1n) is 6.43. The highest BCUT2D eigenvalue weighted by Crippen LogP contribution is 2.30. The molecule has 3 heteroatoms. The van der Waals surface area contributed by atoms with Gasteiger partial charge in [0.25, 0.3) is 0 Å². The molecule has 100 valence electrons. The zero-order valence-electron chi connectivity index (χ0n) is 11.7. The molecule has 0 aliphatic rings. The van der Waals surface area contributed by atoms with Crippen LogP contribution in [-0.4, -0.2) is 13.7 Å². The topological polar surface area (TPSA) is 38.5 Å². The Morgan fingerprint density at radius 2 is 1.74 bits per heavy atom. The van der Waals surface area contributed by atoms with E-state index in [-0.39, 0.29) is 0 Å². The SMILES string of the molecule is CCN(c1ccc(C)cc1)c1cc(N)cc(OC)c1. The number of methoxy groups -OCH3 is 1. The van der Waals surface area contributed by atoms with Crippen LogP contribution in [0.5, 0.6) is 5.75 Å². The molecule has 0 heterocycles. The van der Waals surface area contributed by atoms with E-state index in [9.17, 15) is 0 Å². The van der Waals surface area contributed by atoms with Gasteiger partial charge in [0.1, 0.15) is 5.75 Å². The fraction of sp³-hybridized carbons (Fsp3) is 0.250. The molecule has 0 atom stereocenters. The van der Waals surface area contributed by atoms with Gasteiger partial charge in [0, 0.05) is 35.7 Å². The van der Waals surface area contributed by atoms with Crippen LogP contribution in [0.4, 0.5) is 17.1 Å². The first kappa shape index (κ1) is 13.3. The van der Waals surface area contributed by atoms with Crippen LogP contribution in [0.25, 0.3) is 0 Å². The van der Waals surface area contributed by atoms with Gasteiger partial charge in [-0.1, -0.05) is 17.7 Å². The van der Waals surface area contributed by atoms with Crippen molar-refractivity contribution in [3.05, 3.63) is 48.0 Å². The van der Waals surface area contributed by atoms with E-state index in [0.29, 0.717) is 5.69 Å². The number of anilines is 3. The lowest BCUT2D eigenvalue weighted by atomic mass is 10.2. The Hall–Kier alpha value is -2.16. The maximum absolute atomic E-state index is 5.92. The molecule has 2 aromatic carbocycles. The maximum atomic E-state index is 5.92. The number of nitrogens with zero attached hydrogens (tertiary/aromatic N) is 1. The molecule has 19 heavy (non-hydrogen) atoms. The normalized spacial score (nSPS) is 10.3. The molecular formula is C16H20N2O. The van der Waals surface area contributed by atoms with Gasteiger partial charge < -0.3 is 15.4 Å². The predicted molar refractivity (Wildman–Crippen MR) is 81.3 cm³/mol. The third kappa shape index (κ3) is 2.99. The largest absolute Gasteiger partial charge is 0.497 e. The summed E-state index contributed by atoms with van der Waals surface area (Å²) in [5.41, 5.74) is 10.1. The first-order chi connectivity index (χ1) is 9.13. The molecule has 0 fully saturated rings. The number of ether oxygens (including phenoxy) is 1. The average Bonchev–Trinajstić information content (AvgIpc) is 2.41. The van der Waals surface area contributed by atoms with E-state index in [1.807, 2.05) is 18.2 Å². The van der Waals surface area contributed by atoms with Gasteiger partial charge in [-0.25, -0.2) is 0 Å². The number of nitrogen functional groups attached to an aromatic ring is 1. The quantitative estimate of drug-likeness (QED) is 0.847. The van der Waals surface area contributed by atoms with Gasteiger partial charge in [-0.3, -0.25) is 0 Å². The summed E-state index contributed by atoms with van der Waals surface area (Å²) in [6.45, 7) is 5.08. The van der Waals surface area contributed by atoms with Crippen LogP contribution in [-0.2, 0) is 0 Å². The summed E-state index contributed by atoms with van der Waals surface area (Å²) in [5, 5.41) is 0. The number of rotatable bonds is 4. The number of benzene rings is 2. The maximum Gasteiger partial charge on any atom is 0.122 e. The first-order valence-corrected chi connectivity index (χ1v) is 6.43. The van der Waals surface area contributed by atoms with Crippen LogP contribution in [0.1, 0.15) is 12.5 Å². The van der Waals surface area contributed by atoms with E-state index in [1.54, 1.807) is 7.11 Å². The van der Waals surface area contributed by atoms with Crippen molar-refractivity contribution in [1.82, 2.24) is 0 Å². The lowest BCUT2D eigenvalue weighted by molar-refractivity contribution is 0.415. The van der Waals surface area contributed by atoms with Crippen LogP contribution < -0.4 is 15.4 Å². The van der Waals surface area contributed by atoms with Crippen molar-refractivity contribution in [2.24, 2.45) is 0 Å². The molecule has 2 N–H and O–H groups in total. The molecular weight excluding hydrogens is 236 g/mol. The van der Waals surface area contributed by atoms with Crippen molar-refractivity contribution in [3.8, 4) is 5.75 Å². The van der Waals surface area contributed by atoms with Crippen molar-refractivity contribution in [3.63, 3.8) is 0 Å². The number of aryl methyl sites for hydroxylation is 1. The van der Waals surface area contributed by atoms with Gasteiger partial charge >= 0.3 is 0 Å².